The van der Waals surface area contributed by atoms with Gasteiger partial charge in [-0.15, -0.1) is 0 Å². The number of unbranched alkanes of at least 4 members (excludes halogenated alkanes) is 1. The zero-order valence-electron chi connectivity index (χ0n) is 14.6. The van der Waals surface area contributed by atoms with Crippen molar-refractivity contribution in [1.29, 1.82) is 0 Å². The molecule has 1 saturated carbocycles. The second-order valence-electron chi connectivity index (χ2n) is 7.95. The van der Waals surface area contributed by atoms with Crippen LogP contribution in [0, 0.1) is 5.41 Å². The van der Waals surface area contributed by atoms with Gasteiger partial charge in [0.25, 0.3) is 0 Å². The van der Waals surface area contributed by atoms with Gasteiger partial charge in [0.15, 0.2) is 0 Å². The van der Waals surface area contributed by atoms with Gasteiger partial charge in [-0.25, -0.2) is 4.98 Å². The molecule has 2 spiro atoms. The van der Waals surface area contributed by atoms with Gasteiger partial charge < -0.3 is 14.7 Å². The van der Waals surface area contributed by atoms with Crippen LogP contribution in [0.3, 0.4) is 0 Å². The minimum absolute atomic E-state index is 0.317. The van der Waals surface area contributed by atoms with E-state index in [4.69, 9.17) is 4.65 Å². The van der Waals surface area contributed by atoms with Crippen LogP contribution in [0.25, 0.3) is 11.0 Å². The molecule has 0 amide bonds. The molecule has 0 radical (unpaired) electrons. The fourth-order valence-corrected chi connectivity index (χ4v) is 6.37. The smallest absolute Gasteiger partial charge is 0.423 e. The first-order valence-electron chi connectivity index (χ1n) is 9.35. The maximum atomic E-state index is 10.4. The van der Waals surface area contributed by atoms with Crippen LogP contribution in [0.2, 0.25) is 0 Å². The Kier molecular flexibility index (Phi) is 3.72. The summed E-state index contributed by atoms with van der Waals surface area (Å²) in [5, 5.41) is 11.5. The number of nitrogens with one attached hydrogen (secondary N) is 1. The van der Waals surface area contributed by atoms with Crippen molar-refractivity contribution in [2.75, 3.05) is 18.8 Å². The van der Waals surface area contributed by atoms with Gasteiger partial charge in [-0.3, -0.25) is 4.31 Å². The molecule has 2 aromatic rings. The highest BCUT2D eigenvalue weighted by Crippen LogP contribution is 2.62. The fourth-order valence-electron chi connectivity index (χ4n) is 5.11. The van der Waals surface area contributed by atoms with E-state index in [9.17, 15) is 5.02 Å². The first-order valence-corrected chi connectivity index (χ1v) is 10.3. The van der Waals surface area contributed by atoms with E-state index in [-0.39, 0.29) is 5.60 Å². The number of H-pyrrole nitrogens is 1. The molecule has 5 rings (SSSR count). The number of fused-ring (bicyclic) bond motifs is 4. The third-order valence-corrected chi connectivity index (χ3v) is 7.32. The highest BCUT2D eigenvalue weighted by atomic mass is 32.2. The standard InChI is InChI=1S/C18H24BN3O2S/c1-2-3-8-25-22-7-5-17(12-22)10-18(11-17)15-13-4-6-20-16(13)21-9-14(15)19(23)24-18/h4,6,9,23H,2-3,5,7-8,10-12H2,1H3,(H,20,21). The predicted octanol–water partition coefficient (Wildman–Crippen LogP) is 2.41. The van der Waals surface area contributed by atoms with E-state index < -0.39 is 7.12 Å². The number of hydrogen-bond donors (Lipinski definition) is 2. The van der Waals surface area contributed by atoms with Gasteiger partial charge in [0.2, 0.25) is 0 Å². The zero-order chi connectivity index (χ0) is 17.1. The molecule has 4 heterocycles. The van der Waals surface area contributed by atoms with Crippen molar-refractivity contribution in [2.24, 2.45) is 5.41 Å². The van der Waals surface area contributed by atoms with E-state index in [0.717, 1.165) is 35.9 Å². The summed E-state index contributed by atoms with van der Waals surface area (Å²) < 4.78 is 8.68. The molecule has 5 nitrogen and oxygen atoms in total. The number of aromatic nitrogens is 2. The third-order valence-electron chi connectivity index (χ3n) is 6.17. The van der Waals surface area contributed by atoms with Crippen molar-refractivity contribution < 1.29 is 9.68 Å². The Bertz CT molecular complexity index is 805. The summed E-state index contributed by atoms with van der Waals surface area (Å²) in [6.45, 7) is 4.58. The molecule has 0 atom stereocenters. The quantitative estimate of drug-likeness (QED) is 0.500. The van der Waals surface area contributed by atoms with Crippen molar-refractivity contribution in [2.45, 2.75) is 44.6 Å². The van der Waals surface area contributed by atoms with Crippen molar-refractivity contribution in [1.82, 2.24) is 14.3 Å². The minimum atomic E-state index is -0.837. The first kappa shape index (κ1) is 16.2. The van der Waals surface area contributed by atoms with Crippen LogP contribution in [0.15, 0.2) is 18.5 Å². The Hall–Kier alpha value is -1.02. The molecule has 3 aliphatic rings. The summed E-state index contributed by atoms with van der Waals surface area (Å²) in [6, 6.07) is 2.07. The molecule has 2 fully saturated rings. The molecule has 1 aliphatic carbocycles. The molecule has 2 N–H and O–H groups in total. The zero-order valence-corrected chi connectivity index (χ0v) is 15.4. The van der Waals surface area contributed by atoms with E-state index in [1.54, 1.807) is 6.20 Å². The lowest BCUT2D eigenvalue weighted by Crippen LogP contribution is -2.51. The lowest BCUT2D eigenvalue weighted by atomic mass is 9.56. The van der Waals surface area contributed by atoms with Crippen LogP contribution < -0.4 is 5.46 Å². The Morgan fingerprint density at radius 3 is 3.20 bits per heavy atom. The van der Waals surface area contributed by atoms with Gasteiger partial charge in [0.05, 0.1) is 5.60 Å². The van der Waals surface area contributed by atoms with E-state index in [1.807, 2.05) is 18.1 Å². The van der Waals surface area contributed by atoms with Gasteiger partial charge in [-0.05, 0) is 42.7 Å². The van der Waals surface area contributed by atoms with Gasteiger partial charge in [-0.1, -0.05) is 25.3 Å². The number of nitrogens with zero attached hydrogens (tertiary/aromatic N) is 2. The van der Waals surface area contributed by atoms with Crippen LogP contribution in [0.4, 0.5) is 0 Å². The largest absolute Gasteiger partial charge is 0.493 e. The molecule has 1 saturated heterocycles. The highest BCUT2D eigenvalue weighted by molar-refractivity contribution is 7.97. The Labute approximate surface area is 152 Å². The monoisotopic (exact) mass is 357 g/mol. The van der Waals surface area contributed by atoms with Gasteiger partial charge in [-0.2, -0.15) is 0 Å². The second kappa shape index (κ2) is 5.74. The summed E-state index contributed by atoms with van der Waals surface area (Å²) in [7, 11) is -0.837. The lowest BCUT2D eigenvalue weighted by Gasteiger charge is -2.53. The molecule has 25 heavy (non-hydrogen) atoms. The van der Waals surface area contributed by atoms with Crippen LogP contribution in [-0.2, 0) is 10.3 Å². The van der Waals surface area contributed by atoms with Crippen molar-refractivity contribution in [3.05, 3.63) is 24.0 Å². The average Bonchev–Trinajstić information content (AvgIpc) is 3.25. The van der Waals surface area contributed by atoms with E-state index in [2.05, 4.69) is 27.3 Å². The molecule has 0 bridgehead atoms. The Morgan fingerprint density at radius 1 is 1.48 bits per heavy atom. The lowest BCUT2D eigenvalue weighted by molar-refractivity contribution is -0.108. The van der Waals surface area contributed by atoms with Crippen molar-refractivity contribution >= 4 is 35.6 Å². The number of rotatable bonds is 4. The van der Waals surface area contributed by atoms with E-state index in [0.29, 0.717) is 5.41 Å². The van der Waals surface area contributed by atoms with E-state index >= 15 is 0 Å². The number of hydrogen-bond acceptors (Lipinski definition) is 5. The minimum Gasteiger partial charge on any atom is -0.423 e. The van der Waals surface area contributed by atoms with Crippen molar-refractivity contribution in [3.63, 3.8) is 0 Å². The summed E-state index contributed by atoms with van der Waals surface area (Å²) in [6.07, 6.45) is 9.52. The summed E-state index contributed by atoms with van der Waals surface area (Å²) >= 11 is 2.01. The van der Waals surface area contributed by atoms with Crippen LogP contribution in [-0.4, -0.2) is 45.3 Å². The second-order valence-corrected chi connectivity index (χ2v) is 9.13. The van der Waals surface area contributed by atoms with Crippen LogP contribution in [0.1, 0.15) is 44.6 Å². The van der Waals surface area contributed by atoms with Gasteiger partial charge >= 0.3 is 7.12 Å². The summed E-state index contributed by atoms with van der Waals surface area (Å²) in [5.41, 5.74) is 2.96. The fraction of sp³-hybridized carbons (Fsp3) is 0.611. The molecular formula is C18H24BN3O2S. The molecule has 0 unspecified atom stereocenters. The molecular weight excluding hydrogens is 333 g/mol. The normalized spacial score (nSPS) is 31.4. The maximum absolute atomic E-state index is 10.4. The first-order chi connectivity index (χ1) is 12.1. The van der Waals surface area contributed by atoms with Gasteiger partial charge in [0, 0.05) is 42.1 Å². The third kappa shape index (κ3) is 2.40. The topological polar surface area (TPSA) is 61.4 Å². The predicted molar refractivity (Wildman–Crippen MR) is 102 cm³/mol. The molecule has 2 aliphatic heterocycles. The summed E-state index contributed by atoms with van der Waals surface area (Å²) in [4.78, 5) is 7.61. The Morgan fingerprint density at radius 2 is 2.36 bits per heavy atom. The highest BCUT2D eigenvalue weighted by Gasteiger charge is 2.63. The maximum Gasteiger partial charge on any atom is 0.493 e. The van der Waals surface area contributed by atoms with Gasteiger partial charge in [0.1, 0.15) is 5.65 Å². The average molecular weight is 357 g/mol. The SMILES string of the molecule is CCCCSN1CCC2(C1)CC1(C2)OB(O)c2cnc3[nH]ccc3c21. The molecule has 0 aromatic carbocycles. The number of pyridine rings is 1. The molecule has 132 valence electrons. The number of aromatic amines is 1. The Balaban J connectivity index is 1.38. The van der Waals surface area contributed by atoms with Crippen LogP contribution >= 0.6 is 11.9 Å². The van der Waals surface area contributed by atoms with Crippen molar-refractivity contribution in [3.8, 4) is 0 Å². The molecule has 2 aromatic heterocycles. The van der Waals surface area contributed by atoms with Crippen LogP contribution in [0.5, 0.6) is 0 Å². The van der Waals surface area contributed by atoms with E-state index in [1.165, 1.54) is 37.1 Å². The summed E-state index contributed by atoms with van der Waals surface area (Å²) in [5.74, 6) is 1.23. The molecule has 7 heteroatoms.